The van der Waals surface area contributed by atoms with E-state index in [1.807, 2.05) is 0 Å². The Kier molecular flexibility index (Phi) is 2.41. The molecule has 0 radical (unpaired) electrons. The van der Waals surface area contributed by atoms with E-state index >= 15 is 0 Å². The van der Waals surface area contributed by atoms with Crippen molar-refractivity contribution in [3.63, 3.8) is 0 Å². The SMILES string of the molecule is OS(O)(O)c1ccc(Cl)cc1. The second-order valence-corrected chi connectivity index (χ2v) is 3.92. The molecule has 3 N–H and O–H groups in total. The Balaban J connectivity index is 2.99. The Morgan fingerprint density at radius 3 is 1.82 bits per heavy atom. The average molecular weight is 195 g/mol. The lowest BCUT2D eigenvalue weighted by Crippen LogP contribution is -1.94. The minimum absolute atomic E-state index is 0.0712. The van der Waals surface area contributed by atoms with Gasteiger partial charge in [-0.05, 0) is 24.3 Å². The highest BCUT2D eigenvalue weighted by Crippen LogP contribution is 2.43. The van der Waals surface area contributed by atoms with Crippen molar-refractivity contribution in [3.05, 3.63) is 29.3 Å². The van der Waals surface area contributed by atoms with E-state index in [2.05, 4.69) is 0 Å². The molecule has 0 aliphatic heterocycles. The van der Waals surface area contributed by atoms with Crippen LogP contribution in [0.5, 0.6) is 0 Å². The zero-order valence-electron chi connectivity index (χ0n) is 5.44. The minimum atomic E-state index is -3.58. The fourth-order valence-corrected chi connectivity index (χ4v) is 1.24. The first kappa shape index (κ1) is 8.83. The molecule has 0 aliphatic carbocycles. The molecule has 1 aromatic carbocycles. The summed E-state index contributed by atoms with van der Waals surface area (Å²) in [5.74, 6) is 0. The highest BCUT2D eigenvalue weighted by molar-refractivity contribution is 8.19. The van der Waals surface area contributed by atoms with Crippen molar-refractivity contribution in [1.29, 1.82) is 0 Å². The third kappa shape index (κ3) is 2.36. The van der Waals surface area contributed by atoms with Crippen molar-refractivity contribution >= 4 is 22.5 Å². The first-order chi connectivity index (χ1) is 5.00. The normalized spacial score (nSPS) is 13.1. The summed E-state index contributed by atoms with van der Waals surface area (Å²) in [5.41, 5.74) is 0. The Hall–Kier alpha value is -0.260. The maximum atomic E-state index is 8.73. The van der Waals surface area contributed by atoms with Crippen LogP contribution in [0.4, 0.5) is 0 Å². The standard InChI is InChI=1S/C6H7ClO3S/c7-5-1-3-6(4-2-5)11(8,9)10/h1-4,8-10H. The summed E-state index contributed by atoms with van der Waals surface area (Å²) in [6.07, 6.45) is 0. The van der Waals surface area contributed by atoms with Crippen molar-refractivity contribution < 1.29 is 13.7 Å². The van der Waals surface area contributed by atoms with E-state index in [-0.39, 0.29) is 4.90 Å². The van der Waals surface area contributed by atoms with Crippen LogP contribution in [0.3, 0.4) is 0 Å². The number of halogens is 1. The molecule has 0 saturated carbocycles. The van der Waals surface area contributed by atoms with Crippen molar-refractivity contribution in [2.45, 2.75) is 4.90 Å². The Morgan fingerprint density at radius 2 is 1.45 bits per heavy atom. The van der Waals surface area contributed by atoms with Gasteiger partial charge in [-0.25, -0.2) is 0 Å². The predicted octanol–water partition coefficient (Wildman–Crippen LogP) is 2.92. The van der Waals surface area contributed by atoms with Crippen molar-refractivity contribution in [2.75, 3.05) is 0 Å². The van der Waals surface area contributed by atoms with Crippen LogP contribution >= 0.6 is 22.5 Å². The van der Waals surface area contributed by atoms with Gasteiger partial charge in [0, 0.05) is 5.02 Å². The second-order valence-electron chi connectivity index (χ2n) is 1.97. The molecule has 62 valence electrons. The maximum Gasteiger partial charge on any atom is 0.112 e. The van der Waals surface area contributed by atoms with E-state index in [1.165, 1.54) is 24.3 Å². The highest BCUT2D eigenvalue weighted by atomic mass is 35.5. The van der Waals surface area contributed by atoms with Gasteiger partial charge >= 0.3 is 0 Å². The van der Waals surface area contributed by atoms with E-state index in [1.54, 1.807) is 0 Å². The summed E-state index contributed by atoms with van der Waals surface area (Å²) in [5, 5.41) is 0.484. The summed E-state index contributed by atoms with van der Waals surface area (Å²) >= 11 is 5.53. The van der Waals surface area contributed by atoms with Gasteiger partial charge < -0.3 is 13.7 Å². The van der Waals surface area contributed by atoms with Gasteiger partial charge in [-0.3, -0.25) is 0 Å². The molecular formula is C6H7ClO3S. The fraction of sp³-hybridized carbons (Fsp3) is 0. The van der Waals surface area contributed by atoms with E-state index < -0.39 is 10.9 Å². The summed E-state index contributed by atoms with van der Waals surface area (Å²) in [4.78, 5) is 0.0712. The molecule has 0 unspecified atom stereocenters. The van der Waals surface area contributed by atoms with Gasteiger partial charge in [0.2, 0.25) is 0 Å². The molecule has 0 fully saturated rings. The van der Waals surface area contributed by atoms with Gasteiger partial charge in [0.25, 0.3) is 0 Å². The molecule has 5 heteroatoms. The summed E-state index contributed by atoms with van der Waals surface area (Å²) in [6, 6.07) is 5.66. The van der Waals surface area contributed by atoms with Crippen LogP contribution in [-0.4, -0.2) is 13.7 Å². The molecule has 0 saturated heterocycles. The number of hydrogen-bond donors (Lipinski definition) is 3. The van der Waals surface area contributed by atoms with Crippen LogP contribution in [0, 0.1) is 0 Å². The Labute approximate surface area is 70.8 Å². The molecule has 1 aromatic rings. The monoisotopic (exact) mass is 194 g/mol. The maximum absolute atomic E-state index is 8.73. The zero-order valence-corrected chi connectivity index (χ0v) is 7.01. The first-order valence-electron chi connectivity index (χ1n) is 2.76. The molecule has 3 nitrogen and oxygen atoms in total. The quantitative estimate of drug-likeness (QED) is 0.644. The van der Waals surface area contributed by atoms with E-state index in [4.69, 9.17) is 25.3 Å². The van der Waals surface area contributed by atoms with Crippen molar-refractivity contribution in [3.8, 4) is 0 Å². The lowest BCUT2D eigenvalue weighted by atomic mass is 10.4. The van der Waals surface area contributed by atoms with Crippen LogP contribution in [0.15, 0.2) is 29.2 Å². The lowest BCUT2D eigenvalue weighted by molar-refractivity contribution is 0.376. The highest BCUT2D eigenvalue weighted by Gasteiger charge is 2.13. The van der Waals surface area contributed by atoms with Gasteiger partial charge in [0.1, 0.15) is 10.9 Å². The molecule has 0 heterocycles. The van der Waals surface area contributed by atoms with Gasteiger partial charge in [-0.2, -0.15) is 0 Å². The second kappa shape index (κ2) is 3.00. The predicted molar refractivity (Wildman–Crippen MR) is 45.2 cm³/mol. The van der Waals surface area contributed by atoms with Gasteiger partial charge in [0.15, 0.2) is 0 Å². The number of benzene rings is 1. The smallest absolute Gasteiger partial charge is 0.112 e. The molecule has 11 heavy (non-hydrogen) atoms. The van der Waals surface area contributed by atoms with Crippen LogP contribution in [-0.2, 0) is 0 Å². The zero-order chi connectivity index (χ0) is 8.48. The largest absolute Gasteiger partial charge is 0.304 e. The Bertz CT molecular complexity index is 241. The number of hydrogen-bond acceptors (Lipinski definition) is 3. The van der Waals surface area contributed by atoms with Crippen LogP contribution in [0.1, 0.15) is 0 Å². The topological polar surface area (TPSA) is 60.7 Å². The van der Waals surface area contributed by atoms with E-state index in [0.29, 0.717) is 5.02 Å². The molecular weight excluding hydrogens is 188 g/mol. The molecule has 0 spiro atoms. The Morgan fingerprint density at radius 1 is 1.00 bits per heavy atom. The molecule has 0 atom stereocenters. The first-order valence-corrected chi connectivity index (χ1v) is 4.64. The number of rotatable bonds is 1. The van der Waals surface area contributed by atoms with E-state index in [9.17, 15) is 0 Å². The molecule has 0 aliphatic rings. The summed E-state index contributed by atoms with van der Waals surface area (Å²) in [7, 11) is -3.58. The average Bonchev–Trinajstić information content (AvgIpc) is 1.86. The minimum Gasteiger partial charge on any atom is -0.304 e. The van der Waals surface area contributed by atoms with Crippen molar-refractivity contribution in [2.24, 2.45) is 0 Å². The molecule has 0 aromatic heterocycles. The summed E-state index contributed by atoms with van der Waals surface area (Å²) < 4.78 is 26.2. The van der Waals surface area contributed by atoms with Crippen molar-refractivity contribution in [1.82, 2.24) is 0 Å². The van der Waals surface area contributed by atoms with E-state index in [0.717, 1.165) is 0 Å². The summed E-state index contributed by atoms with van der Waals surface area (Å²) in [6.45, 7) is 0. The van der Waals surface area contributed by atoms with Gasteiger partial charge in [-0.1, -0.05) is 11.6 Å². The molecule has 0 amide bonds. The fourth-order valence-electron chi connectivity index (χ4n) is 0.617. The van der Waals surface area contributed by atoms with Gasteiger partial charge in [0.05, 0.1) is 4.90 Å². The van der Waals surface area contributed by atoms with Crippen LogP contribution in [0.25, 0.3) is 0 Å². The van der Waals surface area contributed by atoms with Crippen LogP contribution < -0.4 is 0 Å². The van der Waals surface area contributed by atoms with Gasteiger partial charge in [-0.15, -0.1) is 0 Å². The lowest BCUT2D eigenvalue weighted by Gasteiger charge is -2.18. The molecule has 1 rings (SSSR count). The third-order valence-corrected chi connectivity index (χ3v) is 2.29. The molecule has 0 bridgehead atoms. The third-order valence-electron chi connectivity index (χ3n) is 1.13. The van der Waals surface area contributed by atoms with Crippen LogP contribution in [0.2, 0.25) is 5.02 Å².